The molecule has 1 aliphatic rings. The van der Waals surface area contributed by atoms with Crippen LogP contribution in [0.5, 0.6) is 0 Å². The van der Waals surface area contributed by atoms with Crippen molar-refractivity contribution >= 4 is 11.3 Å². The standard InChI is InChI=1S/C13H22N2S/c1-3-12-10-15(11(2)9-14-12)7-6-13-5-4-8-16-13/h4-5,8,11-12,14H,3,6-7,9-10H2,1-2H3. The lowest BCUT2D eigenvalue weighted by Crippen LogP contribution is -2.55. The molecular formula is C13H22N2S. The summed E-state index contributed by atoms with van der Waals surface area (Å²) in [4.78, 5) is 4.14. The van der Waals surface area contributed by atoms with Crippen molar-refractivity contribution in [3.8, 4) is 0 Å². The van der Waals surface area contributed by atoms with Crippen LogP contribution in [0.4, 0.5) is 0 Å². The van der Waals surface area contributed by atoms with Gasteiger partial charge in [0.2, 0.25) is 0 Å². The van der Waals surface area contributed by atoms with Crippen LogP contribution in [0.3, 0.4) is 0 Å². The monoisotopic (exact) mass is 238 g/mol. The molecule has 0 saturated carbocycles. The van der Waals surface area contributed by atoms with Gasteiger partial charge in [-0.2, -0.15) is 0 Å². The van der Waals surface area contributed by atoms with Crippen molar-refractivity contribution in [3.63, 3.8) is 0 Å². The summed E-state index contributed by atoms with van der Waals surface area (Å²) < 4.78 is 0. The van der Waals surface area contributed by atoms with Crippen LogP contribution < -0.4 is 5.32 Å². The van der Waals surface area contributed by atoms with Crippen LogP contribution in [0, 0.1) is 0 Å². The molecule has 1 N–H and O–H groups in total. The Kier molecular flexibility index (Phi) is 4.38. The highest BCUT2D eigenvalue weighted by atomic mass is 32.1. The van der Waals surface area contributed by atoms with Gasteiger partial charge in [-0.3, -0.25) is 4.90 Å². The number of hydrogen-bond acceptors (Lipinski definition) is 3. The number of thiophene rings is 1. The Balaban J connectivity index is 1.82. The van der Waals surface area contributed by atoms with Crippen molar-refractivity contribution in [2.45, 2.75) is 38.8 Å². The van der Waals surface area contributed by atoms with Crippen molar-refractivity contribution in [1.29, 1.82) is 0 Å². The van der Waals surface area contributed by atoms with Gasteiger partial charge in [-0.05, 0) is 31.2 Å². The molecule has 90 valence electrons. The lowest BCUT2D eigenvalue weighted by molar-refractivity contribution is 0.141. The van der Waals surface area contributed by atoms with E-state index in [-0.39, 0.29) is 0 Å². The molecule has 1 aliphatic heterocycles. The highest BCUT2D eigenvalue weighted by molar-refractivity contribution is 7.09. The van der Waals surface area contributed by atoms with E-state index in [4.69, 9.17) is 0 Å². The third kappa shape index (κ3) is 3.06. The average molecular weight is 238 g/mol. The van der Waals surface area contributed by atoms with Crippen LogP contribution in [0.2, 0.25) is 0 Å². The maximum absolute atomic E-state index is 3.60. The number of hydrogen-bond donors (Lipinski definition) is 1. The van der Waals surface area contributed by atoms with Crippen molar-refractivity contribution in [3.05, 3.63) is 22.4 Å². The Morgan fingerprint density at radius 2 is 2.44 bits per heavy atom. The second kappa shape index (κ2) is 5.80. The predicted octanol–water partition coefficient (Wildman–Crippen LogP) is 2.36. The largest absolute Gasteiger partial charge is 0.311 e. The molecule has 0 spiro atoms. The Morgan fingerprint density at radius 1 is 1.56 bits per heavy atom. The first-order valence-corrected chi connectivity index (χ1v) is 7.17. The smallest absolute Gasteiger partial charge is 0.0193 e. The molecule has 2 nitrogen and oxygen atoms in total. The first kappa shape index (κ1) is 12.1. The van der Waals surface area contributed by atoms with Crippen LogP contribution in [0.15, 0.2) is 17.5 Å². The van der Waals surface area contributed by atoms with Gasteiger partial charge in [-0.15, -0.1) is 11.3 Å². The van der Waals surface area contributed by atoms with Gasteiger partial charge in [0.1, 0.15) is 0 Å². The Labute approximate surface area is 103 Å². The maximum Gasteiger partial charge on any atom is 0.0193 e. The van der Waals surface area contributed by atoms with Crippen LogP contribution >= 0.6 is 11.3 Å². The van der Waals surface area contributed by atoms with E-state index in [0.29, 0.717) is 12.1 Å². The fourth-order valence-corrected chi connectivity index (χ4v) is 2.99. The summed E-state index contributed by atoms with van der Waals surface area (Å²) in [6.07, 6.45) is 2.45. The molecule has 0 amide bonds. The first-order valence-electron chi connectivity index (χ1n) is 6.29. The fourth-order valence-electron chi connectivity index (χ4n) is 2.29. The van der Waals surface area contributed by atoms with Gasteiger partial charge < -0.3 is 5.32 Å². The molecule has 1 aromatic rings. The minimum Gasteiger partial charge on any atom is -0.311 e. The molecule has 2 heterocycles. The Bertz CT molecular complexity index is 297. The van der Waals surface area contributed by atoms with E-state index in [1.54, 1.807) is 0 Å². The predicted molar refractivity (Wildman–Crippen MR) is 71.1 cm³/mol. The SMILES string of the molecule is CCC1CN(CCc2cccs2)C(C)CN1. The van der Waals surface area contributed by atoms with E-state index < -0.39 is 0 Å². The molecular weight excluding hydrogens is 216 g/mol. The number of rotatable bonds is 4. The molecule has 1 saturated heterocycles. The zero-order valence-corrected chi connectivity index (χ0v) is 11.1. The van der Waals surface area contributed by atoms with Crippen LogP contribution in [-0.4, -0.2) is 36.6 Å². The zero-order valence-electron chi connectivity index (χ0n) is 10.3. The Morgan fingerprint density at radius 3 is 3.12 bits per heavy atom. The van der Waals surface area contributed by atoms with Crippen molar-refractivity contribution < 1.29 is 0 Å². The summed E-state index contributed by atoms with van der Waals surface area (Å²) in [5.41, 5.74) is 0. The van der Waals surface area contributed by atoms with Gasteiger partial charge in [0.15, 0.2) is 0 Å². The van der Waals surface area contributed by atoms with Crippen LogP contribution in [-0.2, 0) is 6.42 Å². The lowest BCUT2D eigenvalue weighted by Gasteiger charge is -2.38. The third-order valence-electron chi connectivity index (χ3n) is 3.50. The fraction of sp³-hybridized carbons (Fsp3) is 0.692. The van der Waals surface area contributed by atoms with E-state index in [2.05, 4.69) is 41.6 Å². The van der Waals surface area contributed by atoms with Gasteiger partial charge in [0.05, 0.1) is 0 Å². The molecule has 2 atom stereocenters. The lowest BCUT2D eigenvalue weighted by atomic mass is 10.1. The van der Waals surface area contributed by atoms with Gasteiger partial charge in [-0.1, -0.05) is 13.0 Å². The number of nitrogens with zero attached hydrogens (tertiary/aromatic N) is 1. The molecule has 0 aromatic carbocycles. The Hall–Kier alpha value is -0.380. The zero-order chi connectivity index (χ0) is 11.4. The summed E-state index contributed by atoms with van der Waals surface area (Å²) in [7, 11) is 0. The van der Waals surface area contributed by atoms with E-state index in [1.165, 1.54) is 30.8 Å². The van der Waals surface area contributed by atoms with Gasteiger partial charge in [-0.25, -0.2) is 0 Å². The molecule has 0 bridgehead atoms. The number of piperazine rings is 1. The van der Waals surface area contributed by atoms with Crippen molar-refractivity contribution in [1.82, 2.24) is 10.2 Å². The molecule has 1 aromatic heterocycles. The molecule has 3 heteroatoms. The quantitative estimate of drug-likeness (QED) is 0.866. The highest BCUT2D eigenvalue weighted by Crippen LogP contribution is 2.13. The normalized spacial score (nSPS) is 27.1. The maximum atomic E-state index is 3.60. The summed E-state index contributed by atoms with van der Waals surface area (Å²) >= 11 is 1.88. The number of nitrogens with one attached hydrogen (secondary N) is 1. The van der Waals surface area contributed by atoms with Crippen LogP contribution in [0.1, 0.15) is 25.1 Å². The summed E-state index contributed by atoms with van der Waals surface area (Å²) in [6.45, 7) is 8.16. The summed E-state index contributed by atoms with van der Waals surface area (Å²) in [6, 6.07) is 5.77. The highest BCUT2D eigenvalue weighted by Gasteiger charge is 2.23. The molecule has 1 fully saturated rings. The van der Waals surface area contributed by atoms with Crippen molar-refractivity contribution in [2.24, 2.45) is 0 Å². The minimum atomic E-state index is 0.683. The first-order chi connectivity index (χ1) is 7.79. The summed E-state index contributed by atoms with van der Waals surface area (Å²) in [5.74, 6) is 0. The topological polar surface area (TPSA) is 15.3 Å². The second-order valence-electron chi connectivity index (χ2n) is 4.69. The van der Waals surface area contributed by atoms with E-state index in [0.717, 1.165) is 6.54 Å². The van der Waals surface area contributed by atoms with Crippen LogP contribution in [0.25, 0.3) is 0 Å². The van der Waals surface area contributed by atoms with E-state index in [1.807, 2.05) is 11.3 Å². The van der Waals surface area contributed by atoms with Gasteiger partial charge in [0, 0.05) is 36.6 Å². The minimum absolute atomic E-state index is 0.683. The van der Waals surface area contributed by atoms with E-state index in [9.17, 15) is 0 Å². The molecule has 2 rings (SSSR count). The average Bonchev–Trinajstić information content (AvgIpc) is 2.81. The van der Waals surface area contributed by atoms with Crippen molar-refractivity contribution in [2.75, 3.05) is 19.6 Å². The van der Waals surface area contributed by atoms with E-state index >= 15 is 0 Å². The van der Waals surface area contributed by atoms with Gasteiger partial charge in [0.25, 0.3) is 0 Å². The molecule has 2 unspecified atom stereocenters. The van der Waals surface area contributed by atoms with Gasteiger partial charge >= 0.3 is 0 Å². The third-order valence-corrected chi connectivity index (χ3v) is 4.43. The molecule has 16 heavy (non-hydrogen) atoms. The second-order valence-corrected chi connectivity index (χ2v) is 5.72. The summed E-state index contributed by atoms with van der Waals surface area (Å²) in [5, 5.41) is 5.77. The molecule has 0 radical (unpaired) electrons. The molecule has 0 aliphatic carbocycles.